The molecule has 1 N–H and O–H groups in total. The molecule has 1 amide bonds. The molecule has 0 aliphatic carbocycles. The smallest absolute Gasteiger partial charge is 0.269 e. The van der Waals surface area contributed by atoms with Gasteiger partial charge >= 0.3 is 0 Å². The van der Waals surface area contributed by atoms with Gasteiger partial charge in [0.2, 0.25) is 5.91 Å². The van der Waals surface area contributed by atoms with Crippen molar-refractivity contribution < 1.29 is 19.2 Å². The van der Waals surface area contributed by atoms with Crippen LogP contribution in [0.1, 0.15) is 43.7 Å². The number of ether oxygens (including phenoxy) is 2. The Morgan fingerprint density at radius 3 is 2.50 bits per heavy atom. The van der Waals surface area contributed by atoms with Gasteiger partial charge in [0.15, 0.2) is 0 Å². The number of hydrogen-bond acceptors (Lipinski definition) is 5. The van der Waals surface area contributed by atoms with Crippen molar-refractivity contribution in [2.45, 2.75) is 44.9 Å². The number of hydrogen-bond donors (Lipinski definition) is 1. The van der Waals surface area contributed by atoms with E-state index in [1.165, 1.54) is 12.1 Å². The Morgan fingerprint density at radius 1 is 1.20 bits per heavy atom. The van der Waals surface area contributed by atoms with Gasteiger partial charge in [-0.3, -0.25) is 14.9 Å². The third-order valence-corrected chi connectivity index (χ3v) is 5.60. The highest BCUT2D eigenvalue weighted by molar-refractivity contribution is 5.99. The lowest BCUT2D eigenvalue weighted by Gasteiger charge is -2.36. The molecule has 1 heterocycles. The van der Waals surface area contributed by atoms with Gasteiger partial charge in [-0.1, -0.05) is 25.5 Å². The molecule has 7 nitrogen and oxygen atoms in total. The Balaban J connectivity index is 1.80. The molecular weight excluding hydrogens is 384 g/mol. The Bertz CT molecular complexity index is 889. The minimum absolute atomic E-state index is 0.00986. The van der Waals surface area contributed by atoms with Crippen molar-refractivity contribution in [1.82, 2.24) is 0 Å². The van der Waals surface area contributed by atoms with Crippen LogP contribution in [0.25, 0.3) is 0 Å². The van der Waals surface area contributed by atoms with Gasteiger partial charge in [0.1, 0.15) is 5.75 Å². The number of nitro benzene ring substituents is 1. The van der Waals surface area contributed by atoms with E-state index < -0.39 is 10.3 Å². The molecule has 2 aromatic rings. The maximum atomic E-state index is 13.4. The average Bonchev–Trinajstić information content (AvgIpc) is 2.76. The first-order chi connectivity index (χ1) is 14.5. The van der Waals surface area contributed by atoms with Gasteiger partial charge < -0.3 is 14.8 Å². The first-order valence-corrected chi connectivity index (χ1v) is 10.3. The van der Waals surface area contributed by atoms with Crippen molar-refractivity contribution >= 4 is 17.3 Å². The Kier molecular flexibility index (Phi) is 7.05. The zero-order valence-corrected chi connectivity index (χ0v) is 17.5. The monoisotopic (exact) mass is 412 g/mol. The summed E-state index contributed by atoms with van der Waals surface area (Å²) in [5.41, 5.74) is 1.66. The maximum Gasteiger partial charge on any atom is 0.269 e. The number of amides is 1. The molecule has 0 radical (unpaired) electrons. The Labute approximate surface area is 176 Å². The number of carbonyl (C=O) groups excluding carboxylic acids is 1. The van der Waals surface area contributed by atoms with Crippen LogP contribution >= 0.6 is 0 Å². The van der Waals surface area contributed by atoms with E-state index in [0.717, 1.165) is 29.7 Å². The molecule has 0 atom stereocenters. The van der Waals surface area contributed by atoms with Crippen molar-refractivity contribution in [3.63, 3.8) is 0 Å². The first-order valence-electron chi connectivity index (χ1n) is 10.3. The molecule has 3 rings (SSSR count). The van der Waals surface area contributed by atoms with Crippen LogP contribution in [0, 0.1) is 17.0 Å². The molecule has 7 heteroatoms. The summed E-state index contributed by atoms with van der Waals surface area (Å²) in [4.78, 5) is 23.9. The van der Waals surface area contributed by atoms with E-state index in [2.05, 4.69) is 12.2 Å². The van der Waals surface area contributed by atoms with Crippen molar-refractivity contribution in [2.75, 3.05) is 25.1 Å². The van der Waals surface area contributed by atoms with Gasteiger partial charge in [0.25, 0.3) is 5.69 Å². The van der Waals surface area contributed by atoms with Crippen LogP contribution in [0.15, 0.2) is 42.5 Å². The zero-order valence-electron chi connectivity index (χ0n) is 17.5. The summed E-state index contributed by atoms with van der Waals surface area (Å²) >= 11 is 0. The van der Waals surface area contributed by atoms with E-state index in [0.29, 0.717) is 38.3 Å². The zero-order chi connectivity index (χ0) is 21.6. The van der Waals surface area contributed by atoms with Crippen LogP contribution in [-0.2, 0) is 14.9 Å². The minimum Gasteiger partial charge on any atom is -0.493 e. The van der Waals surface area contributed by atoms with Crippen molar-refractivity contribution in [1.29, 1.82) is 0 Å². The highest BCUT2D eigenvalue weighted by Gasteiger charge is 2.42. The molecular formula is C23H28N2O5. The van der Waals surface area contributed by atoms with Gasteiger partial charge in [0.05, 0.1) is 16.9 Å². The lowest BCUT2D eigenvalue weighted by molar-refractivity contribution is -0.384. The van der Waals surface area contributed by atoms with E-state index in [1.54, 1.807) is 12.1 Å². The Hall–Kier alpha value is -2.93. The van der Waals surface area contributed by atoms with Crippen LogP contribution in [-0.4, -0.2) is 30.7 Å². The number of non-ortho nitro benzene ring substituents is 1. The third kappa shape index (κ3) is 4.79. The summed E-state index contributed by atoms with van der Waals surface area (Å²) in [6.45, 7) is 5.68. The Morgan fingerprint density at radius 2 is 1.90 bits per heavy atom. The normalized spacial score (nSPS) is 15.4. The van der Waals surface area contributed by atoms with Gasteiger partial charge in [-0.25, -0.2) is 0 Å². The first kappa shape index (κ1) is 21.8. The lowest BCUT2D eigenvalue weighted by atomic mass is 9.73. The molecule has 30 heavy (non-hydrogen) atoms. The quantitative estimate of drug-likeness (QED) is 0.383. The topological polar surface area (TPSA) is 90.7 Å². The summed E-state index contributed by atoms with van der Waals surface area (Å²) in [6, 6.07) is 11.9. The summed E-state index contributed by atoms with van der Waals surface area (Å²) in [6.07, 6.45) is 3.11. The number of unbranched alkanes of at least 4 members (excludes halogenated alkanes) is 1. The fraction of sp³-hybridized carbons (Fsp3) is 0.435. The summed E-state index contributed by atoms with van der Waals surface area (Å²) < 4.78 is 11.3. The predicted octanol–water partition coefficient (Wildman–Crippen LogP) is 4.77. The number of carbonyl (C=O) groups is 1. The van der Waals surface area contributed by atoms with Crippen molar-refractivity contribution in [3.8, 4) is 5.75 Å². The summed E-state index contributed by atoms with van der Waals surface area (Å²) in [7, 11) is 0. The van der Waals surface area contributed by atoms with Crippen molar-refractivity contribution in [2.24, 2.45) is 0 Å². The molecule has 1 aliphatic rings. The molecule has 0 unspecified atom stereocenters. The molecule has 0 saturated carbocycles. The number of aryl methyl sites for hydroxylation is 1. The second kappa shape index (κ2) is 9.71. The fourth-order valence-corrected chi connectivity index (χ4v) is 3.74. The standard InChI is InChI=1S/C23H28N2O5/c1-3-4-13-30-21-10-7-19(16-17(21)2)24-22(26)23(11-14-29-15-12-23)18-5-8-20(9-6-18)25(27)28/h5-10,16H,3-4,11-15H2,1-2H3,(H,24,26). The number of nitrogens with zero attached hydrogens (tertiary/aromatic N) is 1. The lowest BCUT2D eigenvalue weighted by Crippen LogP contribution is -2.44. The number of nitrogens with one attached hydrogen (secondary N) is 1. The highest BCUT2D eigenvalue weighted by Crippen LogP contribution is 2.37. The molecule has 1 saturated heterocycles. The van der Waals surface area contributed by atoms with E-state index in [1.807, 2.05) is 25.1 Å². The number of anilines is 1. The molecule has 0 spiro atoms. The van der Waals surface area contributed by atoms with Gasteiger partial charge in [0, 0.05) is 31.0 Å². The van der Waals surface area contributed by atoms with Crippen LogP contribution in [0.3, 0.4) is 0 Å². The fourth-order valence-electron chi connectivity index (χ4n) is 3.74. The average molecular weight is 412 g/mol. The number of benzene rings is 2. The van der Waals surface area contributed by atoms with Gasteiger partial charge in [-0.05, 0) is 55.5 Å². The van der Waals surface area contributed by atoms with Crippen LogP contribution in [0.5, 0.6) is 5.75 Å². The molecule has 160 valence electrons. The molecule has 0 aromatic heterocycles. The van der Waals surface area contributed by atoms with E-state index in [4.69, 9.17) is 9.47 Å². The SMILES string of the molecule is CCCCOc1ccc(NC(=O)C2(c3ccc([N+](=O)[O-])cc3)CCOCC2)cc1C. The third-order valence-electron chi connectivity index (χ3n) is 5.60. The maximum absolute atomic E-state index is 13.4. The largest absolute Gasteiger partial charge is 0.493 e. The molecule has 1 fully saturated rings. The van der Waals surface area contributed by atoms with Crippen LogP contribution in [0.2, 0.25) is 0 Å². The van der Waals surface area contributed by atoms with Crippen molar-refractivity contribution in [3.05, 3.63) is 63.7 Å². The molecule has 1 aliphatic heterocycles. The second-order valence-electron chi connectivity index (χ2n) is 7.63. The second-order valence-corrected chi connectivity index (χ2v) is 7.63. The number of nitro groups is 1. The van der Waals surface area contributed by atoms with Gasteiger partial charge in [-0.15, -0.1) is 0 Å². The summed E-state index contributed by atoms with van der Waals surface area (Å²) in [5.74, 6) is 0.691. The number of rotatable bonds is 8. The van der Waals surface area contributed by atoms with Crippen LogP contribution < -0.4 is 10.1 Å². The van der Waals surface area contributed by atoms with E-state index in [-0.39, 0.29) is 11.6 Å². The highest BCUT2D eigenvalue weighted by atomic mass is 16.6. The van der Waals surface area contributed by atoms with E-state index in [9.17, 15) is 14.9 Å². The molecule has 0 bridgehead atoms. The van der Waals surface area contributed by atoms with Gasteiger partial charge in [-0.2, -0.15) is 0 Å². The predicted molar refractivity (Wildman–Crippen MR) is 115 cm³/mol. The van der Waals surface area contributed by atoms with Crippen LogP contribution in [0.4, 0.5) is 11.4 Å². The minimum atomic E-state index is -0.780. The molecule has 2 aromatic carbocycles. The van der Waals surface area contributed by atoms with E-state index >= 15 is 0 Å². The summed E-state index contributed by atoms with van der Waals surface area (Å²) in [5, 5.41) is 14.0.